The van der Waals surface area contributed by atoms with Crippen molar-refractivity contribution < 1.29 is 9.90 Å². The standard InChI is InChI=1S/C10H18N4O2S/c1-3-13(4-2)9(16)5-6-14-8(7-15)11-12-10(14)17/h15H,3-7H2,1-2H3,(H,12,17). The molecule has 2 N–H and O–H groups in total. The third-order valence-electron chi connectivity index (χ3n) is 2.64. The summed E-state index contributed by atoms with van der Waals surface area (Å²) in [6, 6.07) is 0. The highest BCUT2D eigenvalue weighted by Crippen LogP contribution is 2.02. The number of nitrogens with one attached hydrogen (secondary N) is 1. The Kier molecular flexibility index (Phi) is 5.30. The lowest BCUT2D eigenvalue weighted by Gasteiger charge is -2.18. The molecule has 7 heteroatoms. The molecule has 0 aliphatic carbocycles. The lowest BCUT2D eigenvalue weighted by atomic mass is 10.3. The molecule has 96 valence electrons. The highest BCUT2D eigenvalue weighted by molar-refractivity contribution is 7.71. The zero-order chi connectivity index (χ0) is 12.8. The van der Waals surface area contributed by atoms with Gasteiger partial charge in [0.1, 0.15) is 6.61 Å². The maximum atomic E-state index is 11.8. The lowest BCUT2D eigenvalue weighted by Crippen LogP contribution is -2.31. The van der Waals surface area contributed by atoms with E-state index < -0.39 is 0 Å². The second kappa shape index (κ2) is 6.51. The Balaban J connectivity index is 2.64. The molecule has 0 aliphatic heterocycles. The number of aromatic amines is 1. The number of aliphatic hydroxyl groups excluding tert-OH is 1. The van der Waals surface area contributed by atoms with Gasteiger partial charge in [0.2, 0.25) is 5.91 Å². The molecule has 0 atom stereocenters. The summed E-state index contributed by atoms with van der Waals surface area (Å²) in [5.74, 6) is 0.546. The molecule has 0 spiro atoms. The maximum absolute atomic E-state index is 11.8. The Morgan fingerprint density at radius 2 is 2.18 bits per heavy atom. The van der Waals surface area contributed by atoms with Crippen molar-refractivity contribution in [3.8, 4) is 0 Å². The van der Waals surface area contributed by atoms with E-state index in [1.807, 2.05) is 13.8 Å². The molecule has 1 aromatic rings. The minimum Gasteiger partial charge on any atom is -0.388 e. The van der Waals surface area contributed by atoms with Crippen molar-refractivity contribution in [3.05, 3.63) is 10.6 Å². The molecule has 1 aromatic heterocycles. The first-order chi connectivity index (χ1) is 8.13. The van der Waals surface area contributed by atoms with Crippen molar-refractivity contribution >= 4 is 18.1 Å². The van der Waals surface area contributed by atoms with Crippen LogP contribution in [-0.4, -0.2) is 43.8 Å². The summed E-state index contributed by atoms with van der Waals surface area (Å²) in [6.45, 7) is 5.57. The molecule has 17 heavy (non-hydrogen) atoms. The predicted molar refractivity (Wildman–Crippen MR) is 65.9 cm³/mol. The number of H-pyrrole nitrogens is 1. The molecule has 0 radical (unpaired) electrons. The van der Waals surface area contributed by atoms with Crippen molar-refractivity contribution in [3.63, 3.8) is 0 Å². The molecule has 0 saturated heterocycles. The second-order valence-electron chi connectivity index (χ2n) is 3.57. The van der Waals surface area contributed by atoms with Crippen LogP contribution in [0.25, 0.3) is 0 Å². The van der Waals surface area contributed by atoms with Crippen LogP contribution >= 0.6 is 12.2 Å². The van der Waals surface area contributed by atoms with Crippen LogP contribution in [0.4, 0.5) is 0 Å². The van der Waals surface area contributed by atoms with E-state index in [-0.39, 0.29) is 12.5 Å². The zero-order valence-electron chi connectivity index (χ0n) is 10.1. The van der Waals surface area contributed by atoms with Gasteiger partial charge in [-0.2, -0.15) is 5.10 Å². The number of hydrogen-bond donors (Lipinski definition) is 2. The van der Waals surface area contributed by atoms with Crippen LogP contribution in [-0.2, 0) is 17.9 Å². The van der Waals surface area contributed by atoms with E-state index in [1.165, 1.54) is 0 Å². The molecule has 0 aliphatic rings. The molecule has 6 nitrogen and oxygen atoms in total. The van der Waals surface area contributed by atoms with Crippen molar-refractivity contribution in [2.45, 2.75) is 33.4 Å². The van der Waals surface area contributed by atoms with Gasteiger partial charge in [0, 0.05) is 26.1 Å². The first kappa shape index (κ1) is 13.9. The van der Waals surface area contributed by atoms with E-state index in [4.69, 9.17) is 17.3 Å². The fraction of sp³-hybridized carbons (Fsp3) is 0.700. The summed E-state index contributed by atoms with van der Waals surface area (Å²) < 4.78 is 2.08. The highest BCUT2D eigenvalue weighted by atomic mass is 32.1. The van der Waals surface area contributed by atoms with Gasteiger partial charge in [-0.25, -0.2) is 0 Å². The van der Waals surface area contributed by atoms with E-state index in [9.17, 15) is 4.79 Å². The van der Waals surface area contributed by atoms with Gasteiger partial charge in [-0.3, -0.25) is 9.89 Å². The fourth-order valence-electron chi connectivity index (χ4n) is 1.64. The van der Waals surface area contributed by atoms with E-state index in [0.29, 0.717) is 36.7 Å². The van der Waals surface area contributed by atoms with Crippen LogP contribution < -0.4 is 0 Å². The Bertz CT molecular complexity index is 422. The van der Waals surface area contributed by atoms with Gasteiger partial charge < -0.3 is 14.6 Å². The van der Waals surface area contributed by atoms with E-state index >= 15 is 0 Å². The third kappa shape index (κ3) is 3.37. The van der Waals surface area contributed by atoms with Crippen LogP contribution in [0.1, 0.15) is 26.1 Å². The third-order valence-corrected chi connectivity index (χ3v) is 2.96. The second-order valence-corrected chi connectivity index (χ2v) is 3.96. The molecule has 1 amide bonds. The molecule has 0 saturated carbocycles. The number of rotatable bonds is 6. The number of carbonyl (C=O) groups is 1. The molecular weight excluding hydrogens is 240 g/mol. The van der Waals surface area contributed by atoms with E-state index in [0.717, 1.165) is 0 Å². The molecule has 1 rings (SSSR count). The van der Waals surface area contributed by atoms with Gasteiger partial charge in [-0.1, -0.05) is 0 Å². The van der Waals surface area contributed by atoms with Gasteiger partial charge >= 0.3 is 0 Å². The summed E-state index contributed by atoms with van der Waals surface area (Å²) >= 11 is 5.02. The molecule has 0 unspecified atom stereocenters. The normalized spacial score (nSPS) is 10.5. The number of hydrogen-bond acceptors (Lipinski definition) is 4. The number of amides is 1. The summed E-state index contributed by atoms with van der Waals surface area (Å²) in [5, 5.41) is 15.5. The Morgan fingerprint density at radius 3 is 2.71 bits per heavy atom. The Hall–Kier alpha value is -1.21. The summed E-state index contributed by atoms with van der Waals surface area (Å²) in [4.78, 5) is 13.6. The van der Waals surface area contributed by atoms with Crippen LogP contribution in [0.5, 0.6) is 0 Å². The van der Waals surface area contributed by atoms with Crippen molar-refractivity contribution in [1.29, 1.82) is 0 Å². The molecule has 0 fully saturated rings. The van der Waals surface area contributed by atoms with Gasteiger partial charge in [0.15, 0.2) is 10.6 Å². The Labute approximate surface area is 105 Å². The zero-order valence-corrected chi connectivity index (χ0v) is 11.0. The number of nitrogens with zero attached hydrogens (tertiary/aromatic N) is 3. The number of aromatic nitrogens is 3. The topological polar surface area (TPSA) is 74.2 Å². The number of carbonyl (C=O) groups excluding carboxylic acids is 1. The van der Waals surface area contributed by atoms with Gasteiger partial charge in [0.05, 0.1) is 0 Å². The largest absolute Gasteiger partial charge is 0.388 e. The fourth-order valence-corrected chi connectivity index (χ4v) is 1.89. The first-order valence-corrected chi connectivity index (χ1v) is 6.07. The average Bonchev–Trinajstić information content (AvgIpc) is 2.69. The molecule has 0 aromatic carbocycles. The minimum atomic E-state index is -0.188. The number of aliphatic hydroxyl groups is 1. The van der Waals surface area contributed by atoms with Crippen LogP contribution in [0, 0.1) is 4.77 Å². The van der Waals surface area contributed by atoms with Gasteiger partial charge in [0.25, 0.3) is 0 Å². The maximum Gasteiger partial charge on any atom is 0.224 e. The molecule has 1 heterocycles. The van der Waals surface area contributed by atoms with Crippen LogP contribution in [0.2, 0.25) is 0 Å². The molecule has 0 bridgehead atoms. The quantitative estimate of drug-likeness (QED) is 0.736. The molecular formula is C10H18N4O2S. The van der Waals surface area contributed by atoms with E-state index in [1.54, 1.807) is 9.47 Å². The Morgan fingerprint density at radius 1 is 1.53 bits per heavy atom. The van der Waals surface area contributed by atoms with Crippen LogP contribution in [0.3, 0.4) is 0 Å². The minimum absolute atomic E-state index is 0.0852. The predicted octanol–water partition coefficient (Wildman–Crippen LogP) is 0.691. The van der Waals surface area contributed by atoms with Crippen LogP contribution in [0.15, 0.2) is 0 Å². The van der Waals surface area contributed by atoms with E-state index in [2.05, 4.69) is 10.2 Å². The van der Waals surface area contributed by atoms with Crippen molar-refractivity contribution in [2.75, 3.05) is 13.1 Å². The average molecular weight is 258 g/mol. The van der Waals surface area contributed by atoms with Crippen molar-refractivity contribution in [1.82, 2.24) is 19.7 Å². The summed E-state index contributed by atoms with van der Waals surface area (Å²) in [6.07, 6.45) is 0.364. The smallest absolute Gasteiger partial charge is 0.224 e. The first-order valence-electron chi connectivity index (χ1n) is 5.66. The van der Waals surface area contributed by atoms with Gasteiger partial charge in [-0.15, -0.1) is 0 Å². The summed E-state index contributed by atoms with van der Waals surface area (Å²) in [5.41, 5.74) is 0. The summed E-state index contributed by atoms with van der Waals surface area (Å²) in [7, 11) is 0. The van der Waals surface area contributed by atoms with Gasteiger partial charge in [-0.05, 0) is 26.1 Å². The SMILES string of the molecule is CCN(CC)C(=O)CCn1c(CO)n[nH]c1=S. The monoisotopic (exact) mass is 258 g/mol. The lowest BCUT2D eigenvalue weighted by molar-refractivity contribution is -0.131. The highest BCUT2D eigenvalue weighted by Gasteiger charge is 2.11. The van der Waals surface area contributed by atoms with Crippen molar-refractivity contribution in [2.24, 2.45) is 0 Å².